The number of aliphatic hydroxyl groups excluding tert-OH is 1. The fraction of sp³-hybridized carbons (Fsp3) is 0.192. The molecule has 1 heterocycles. The van der Waals surface area contributed by atoms with Gasteiger partial charge >= 0.3 is 0 Å². The Morgan fingerprint density at radius 1 is 1.00 bits per heavy atom. The van der Waals surface area contributed by atoms with Crippen molar-refractivity contribution in [2.45, 2.75) is 31.8 Å². The van der Waals surface area contributed by atoms with Crippen LogP contribution in [0.25, 0.3) is 0 Å². The van der Waals surface area contributed by atoms with Crippen molar-refractivity contribution in [2.24, 2.45) is 0 Å². The number of anilines is 1. The zero-order valence-electron chi connectivity index (χ0n) is 17.4. The van der Waals surface area contributed by atoms with Crippen LogP contribution in [0.5, 0.6) is 0 Å². The van der Waals surface area contributed by atoms with E-state index in [0.717, 1.165) is 21.2 Å². The molecule has 0 radical (unpaired) electrons. The molecule has 1 aliphatic rings. The average Bonchev–Trinajstić information content (AvgIpc) is 2.84. The molecule has 3 aromatic carbocycles. The number of ether oxygens (including phenoxy) is 2. The maximum atomic E-state index is 12.9. The van der Waals surface area contributed by atoms with E-state index in [0.29, 0.717) is 18.7 Å². The predicted molar refractivity (Wildman–Crippen MR) is 127 cm³/mol. The number of aliphatic hydroxyl groups is 1. The van der Waals surface area contributed by atoms with Gasteiger partial charge in [-0.1, -0.05) is 70.5 Å². The normalized spacial score (nSPS) is 17.9. The van der Waals surface area contributed by atoms with Crippen LogP contribution in [0.3, 0.4) is 0 Å². The van der Waals surface area contributed by atoms with Gasteiger partial charge in [0.15, 0.2) is 5.76 Å². The van der Waals surface area contributed by atoms with E-state index in [4.69, 9.17) is 9.47 Å². The van der Waals surface area contributed by atoms with Gasteiger partial charge in [-0.3, -0.25) is 4.79 Å². The van der Waals surface area contributed by atoms with Gasteiger partial charge in [-0.15, -0.1) is 0 Å². The lowest BCUT2D eigenvalue weighted by Gasteiger charge is -2.29. The summed E-state index contributed by atoms with van der Waals surface area (Å²) in [5, 5.41) is 12.1. The SMILES string of the molecule is O=C(Nc1ccccc1)C1=C[C@@H](c2ccc(Br)cc2)C[C@@H](OCc2ccc(CO)cc2)O1. The van der Waals surface area contributed by atoms with Crippen LogP contribution in [0, 0.1) is 0 Å². The average molecular weight is 494 g/mol. The highest BCUT2D eigenvalue weighted by Gasteiger charge is 2.29. The van der Waals surface area contributed by atoms with Crippen molar-refractivity contribution in [1.29, 1.82) is 0 Å². The second-order valence-corrected chi connectivity index (χ2v) is 8.49. The van der Waals surface area contributed by atoms with E-state index in [1.165, 1.54) is 0 Å². The molecule has 0 saturated carbocycles. The van der Waals surface area contributed by atoms with Crippen molar-refractivity contribution < 1.29 is 19.4 Å². The highest BCUT2D eigenvalue weighted by molar-refractivity contribution is 9.10. The maximum Gasteiger partial charge on any atom is 0.290 e. The summed E-state index contributed by atoms with van der Waals surface area (Å²) in [6.07, 6.45) is 1.89. The summed E-state index contributed by atoms with van der Waals surface area (Å²) in [6.45, 7) is 0.351. The molecular formula is C26H24BrNO4. The van der Waals surface area contributed by atoms with Crippen molar-refractivity contribution in [3.8, 4) is 0 Å². The second kappa shape index (κ2) is 10.6. The third-order valence-corrected chi connectivity index (χ3v) is 5.78. The molecule has 1 aliphatic heterocycles. The minimum Gasteiger partial charge on any atom is -0.459 e. The number of carbonyl (C=O) groups excluding carboxylic acids is 1. The summed E-state index contributed by atoms with van der Waals surface area (Å²) < 4.78 is 13.0. The zero-order valence-corrected chi connectivity index (χ0v) is 19.0. The Balaban J connectivity index is 1.50. The second-order valence-electron chi connectivity index (χ2n) is 7.58. The van der Waals surface area contributed by atoms with Gasteiger partial charge in [0.05, 0.1) is 13.2 Å². The topological polar surface area (TPSA) is 67.8 Å². The highest BCUT2D eigenvalue weighted by Crippen LogP contribution is 2.33. The van der Waals surface area contributed by atoms with Gasteiger partial charge in [0.1, 0.15) is 0 Å². The predicted octanol–water partition coefficient (Wildman–Crippen LogP) is 5.51. The Labute approximate surface area is 195 Å². The molecule has 0 unspecified atom stereocenters. The minimum atomic E-state index is -0.567. The Kier molecular flexibility index (Phi) is 7.37. The van der Waals surface area contributed by atoms with E-state index >= 15 is 0 Å². The molecule has 0 saturated heterocycles. The number of nitrogens with one attached hydrogen (secondary N) is 1. The van der Waals surface area contributed by atoms with E-state index < -0.39 is 6.29 Å². The lowest BCUT2D eigenvalue weighted by molar-refractivity contribution is -0.147. The van der Waals surface area contributed by atoms with Gasteiger partial charge in [-0.2, -0.15) is 0 Å². The number of para-hydroxylation sites is 1. The molecule has 164 valence electrons. The Morgan fingerprint density at radius 2 is 1.69 bits per heavy atom. The number of halogens is 1. The summed E-state index contributed by atoms with van der Waals surface area (Å²) >= 11 is 3.47. The summed E-state index contributed by atoms with van der Waals surface area (Å²) in [4.78, 5) is 12.9. The number of amides is 1. The molecule has 2 N–H and O–H groups in total. The molecule has 0 aliphatic carbocycles. The first-order valence-corrected chi connectivity index (χ1v) is 11.2. The van der Waals surface area contributed by atoms with E-state index in [1.54, 1.807) is 0 Å². The Bertz CT molecular complexity index is 1070. The molecule has 0 bridgehead atoms. The van der Waals surface area contributed by atoms with Crippen LogP contribution in [-0.2, 0) is 27.5 Å². The van der Waals surface area contributed by atoms with Crippen LogP contribution in [-0.4, -0.2) is 17.3 Å². The van der Waals surface area contributed by atoms with Crippen LogP contribution in [0.2, 0.25) is 0 Å². The third-order valence-electron chi connectivity index (χ3n) is 5.25. The van der Waals surface area contributed by atoms with Crippen molar-refractivity contribution in [3.63, 3.8) is 0 Å². The molecule has 1 amide bonds. The van der Waals surface area contributed by atoms with Crippen molar-refractivity contribution >= 4 is 27.5 Å². The van der Waals surface area contributed by atoms with E-state index in [1.807, 2.05) is 84.9 Å². The van der Waals surface area contributed by atoms with E-state index in [2.05, 4.69) is 21.2 Å². The van der Waals surface area contributed by atoms with Crippen LogP contribution >= 0.6 is 15.9 Å². The number of rotatable bonds is 7. The molecule has 0 aromatic heterocycles. The quantitative estimate of drug-likeness (QED) is 0.455. The summed E-state index contributed by atoms with van der Waals surface area (Å²) in [5.41, 5.74) is 3.60. The standard InChI is InChI=1S/C26H24BrNO4/c27-22-12-10-20(11-13-22)21-14-24(26(30)28-23-4-2-1-3-5-23)32-25(15-21)31-17-19-8-6-18(16-29)7-9-19/h1-14,21,25,29H,15-17H2,(H,28,30)/t21-,25+/m1/s1. The van der Waals surface area contributed by atoms with Crippen LogP contribution < -0.4 is 5.32 Å². The van der Waals surface area contributed by atoms with Crippen molar-refractivity contribution in [1.82, 2.24) is 0 Å². The largest absolute Gasteiger partial charge is 0.459 e. The fourth-order valence-corrected chi connectivity index (χ4v) is 3.77. The van der Waals surface area contributed by atoms with Gasteiger partial charge in [0.2, 0.25) is 6.29 Å². The molecule has 5 nitrogen and oxygen atoms in total. The van der Waals surface area contributed by atoms with Crippen molar-refractivity contribution in [3.05, 3.63) is 112 Å². The monoisotopic (exact) mass is 493 g/mol. The Hall–Kier alpha value is -2.93. The molecular weight excluding hydrogens is 470 g/mol. The number of allylic oxidation sites excluding steroid dienone is 1. The van der Waals surface area contributed by atoms with Gasteiger partial charge < -0.3 is 19.9 Å². The summed E-state index contributed by atoms with van der Waals surface area (Å²) in [7, 11) is 0. The first-order valence-electron chi connectivity index (χ1n) is 10.4. The van der Waals surface area contributed by atoms with Gasteiger partial charge in [0, 0.05) is 22.5 Å². The molecule has 4 rings (SSSR count). The number of hydrogen-bond acceptors (Lipinski definition) is 4. The van der Waals surface area contributed by atoms with Crippen molar-refractivity contribution in [2.75, 3.05) is 5.32 Å². The molecule has 3 aromatic rings. The van der Waals surface area contributed by atoms with Gasteiger partial charge in [0.25, 0.3) is 5.91 Å². The molecule has 0 fully saturated rings. The third kappa shape index (κ3) is 5.85. The molecule has 0 spiro atoms. The number of carbonyl (C=O) groups is 1. The van der Waals surface area contributed by atoms with Crippen LogP contribution in [0.4, 0.5) is 5.69 Å². The summed E-state index contributed by atoms with van der Waals surface area (Å²) in [6, 6.07) is 24.9. The molecule has 32 heavy (non-hydrogen) atoms. The zero-order chi connectivity index (χ0) is 22.3. The highest BCUT2D eigenvalue weighted by atomic mass is 79.9. The summed E-state index contributed by atoms with van der Waals surface area (Å²) in [5.74, 6) is -0.0808. The van der Waals surface area contributed by atoms with Crippen LogP contribution in [0.15, 0.2) is 95.2 Å². The fourth-order valence-electron chi connectivity index (χ4n) is 3.50. The van der Waals surface area contributed by atoms with Gasteiger partial charge in [-0.05, 0) is 47.0 Å². The molecule has 6 heteroatoms. The lowest BCUT2D eigenvalue weighted by Crippen LogP contribution is -2.29. The van der Waals surface area contributed by atoms with Crippen LogP contribution in [0.1, 0.15) is 29.0 Å². The smallest absolute Gasteiger partial charge is 0.290 e. The minimum absolute atomic E-state index is 0.00637. The molecule has 2 atom stereocenters. The lowest BCUT2D eigenvalue weighted by atomic mass is 9.93. The van der Waals surface area contributed by atoms with E-state index in [-0.39, 0.29) is 24.2 Å². The number of benzene rings is 3. The first kappa shape index (κ1) is 22.3. The maximum absolute atomic E-state index is 12.9. The van der Waals surface area contributed by atoms with E-state index in [9.17, 15) is 9.90 Å². The first-order chi connectivity index (χ1) is 15.6. The number of hydrogen-bond donors (Lipinski definition) is 2. The Morgan fingerprint density at radius 3 is 2.38 bits per heavy atom. The van der Waals surface area contributed by atoms with Gasteiger partial charge in [-0.25, -0.2) is 0 Å².